The fourth-order valence-electron chi connectivity index (χ4n) is 1.48. The lowest BCUT2D eigenvalue weighted by atomic mass is 10.0. The molecule has 1 aliphatic rings. The summed E-state index contributed by atoms with van der Waals surface area (Å²) in [6, 6.07) is 3.80. The molecule has 2 atom stereocenters. The predicted molar refractivity (Wildman–Crippen MR) is 53.5 cm³/mol. The van der Waals surface area contributed by atoms with Gasteiger partial charge in [-0.25, -0.2) is 13.6 Å². The second-order valence-electron chi connectivity index (χ2n) is 3.40. The Bertz CT molecular complexity index is 427. The van der Waals surface area contributed by atoms with Crippen molar-refractivity contribution in [3.8, 4) is 0 Å². The van der Waals surface area contributed by atoms with Crippen LogP contribution in [0.15, 0.2) is 18.2 Å². The van der Waals surface area contributed by atoms with Crippen molar-refractivity contribution in [1.82, 2.24) is 5.32 Å². The lowest BCUT2D eigenvalue weighted by Crippen LogP contribution is -2.42. The minimum Gasteiger partial charge on any atom is -0.438 e. The Morgan fingerprint density at radius 1 is 1.50 bits per heavy atom. The fraction of sp³-hybridized carbons (Fsp3) is 0.300. The van der Waals surface area contributed by atoms with Crippen LogP contribution in [-0.2, 0) is 4.74 Å². The van der Waals surface area contributed by atoms with E-state index < -0.39 is 24.2 Å². The number of alkyl carbamates (subject to hydrolysis) is 1. The number of nitrogens with one attached hydrogen (secondary N) is 1. The Kier molecular flexibility index (Phi) is 2.96. The Morgan fingerprint density at radius 2 is 2.25 bits per heavy atom. The van der Waals surface area contributed by atoms with E-state index in [9.17, 15) is 13.6 Å². The van der Waals surface area contributed by atoms with Crippen LogP contribution in [0.1, 0.15) is 11.7 Å². The van der Waals surface area contributed by atoms with E-state index in [-0.39, 0.29) is 17.1 Å². The van der Waals surface area contributed by atoms with Crippen molar-refractivity contribution in [3.05, 3.63) is 34.6 Å². The molecule has 1 amide bonds. The predicted octanol–water partition coefficient (Wildman–Crippen LogP) is 2.60. The molecule has 0 unspecified atom stereocenters. The van der Waals surface area contributed by atoms with Gasteiger partial charge in [0.2, 0.25) is 0 Å². The summed E-state index contributed by atoms with van der Waals surface area (Å²) in [4.78, 5) is 10.9. The first-order chi connectivity index (χ1) is 7.58. The highest BCUT2D eigenvalue weighted by Crippen LogP contribution is 2.28. The van der Waals surface area contributed by atoms with E-state index >= 15 is 0 Å². The van der Waals surface area contributed by atoms with Crippen LogP contribution in [0.5, 0.6) is 0 Å². The summed E-state index contributed by atoms with van der Waals surface area (Å²) >= 11 is 5.50. The zero-order valence-corrected chi connectivity index (χ0v) is 8.80. The average molecular weight is 248 g/mol. The second kappa shape index (κ2) is 4.25. The molecule has 1 fully saturated rings. The SMILES string of the molecule is O=C1NC[C@@H](F)[C@H](c2ccc(Cl)c(F)c2)O1. The maximum atomic E-state index is 13.4. The van der Waals surface area contributed by atoms with Crippen LogP contribution in [-0.4, -0.2) is 18.8 Å². The Morgan fingerprint density at radius 3 is 2.94 bits per heavy atom. The summed E-state index contributed by atoms with van der Waals surface area (Å²) in [6.45, 7) is -0.145. The molecule has 1 heterocycles. The van der Waals surface area contributed by atoms with Crippen molar-refractivity contribution >= 4 is 17.7 Å². The number of carbonyl (C=O) groups is 1. The number of benzene rings is 1. The number of rotatable bonds is 1. The fourth-order valence-corrected chi connectivity index (χ4v) is 1.60. The van der Waals surface area contributed by atoms with Gasteiger partial charge in [-0.05, 0) is 17.7 Å². The minimum atomic E-state index is -1.40. The van der Waals surface area contributed by atoms with Crippen LogP contribution >= 0.6 is 11.6 Å². The van der Waals surface area contributed by atoms with E-state index in [0.717, 1.165) is 6.07 Å². The van der Waals surface area contributed by atoms with Gasteiger partial charge in [-0.3, -0.25) is 0 Å². The van der Waals surface area contributed by atoms with E-state index in [4.69, 9.17) is 16.3 Å². The van der Waals surface area contributed by atoms with E-state index in [1.54, 1.807) is 0 Å². The van der Waals surface area contributed by atoms with E-state index in [1.807, 2.05) is 0 Å². The van der Waals surface area contributed by atoms with Gasteiger partial charge in [0, 0.05) is 0 Å². The summed E-state index contributed by atoms with van der Waals surface area (Å²) in [5, 5.41) is 2.15. The van der Waals surface area contributed by atoms with Gasteiger partial charge in [-0.2, -0.15) is 0 Å². The van der Waals surface area contributed by atoms with E-state index in [2.05, 4.69) is 5.32 Å². The van der Waals surface area contributed by atoms with Crippen LogP contribution in [0.25, 0.3) is 0 Å². The van der Waals surface area contributed by atoms with Gasteiger partial charge in [0.05, 0.1) is 11.6 Å². The number of alkyl halides is 1. The third-order valence-electron chi connectivity index (χ3n) is 2.28. The number of ether oxygens (including phenoxy) is 1. The topological polar surface area (TPSA) is 38.3 Å². The number of hydrogen-bond donors (Lipinski definition) is 1. The number of cyclic esters (lactones) is 1. The quantitative estimate of drug-likeness (QED) is 0.828. The molecule has 1 N–H and O–H groups in total. The molecular formula is C10H8ClF2NO2. The molecule has 6 heteroatoms. The number of carbonyl (C=O) groups excluding carboxylic acids is 1. The second-order valence-corrected chi connectivity index (χ2v) is 3.80. The van der Waals surface area contributed by atoms with Crippen molar-refractivity contribution in [2.24, 2.45) is 0 Å². The number of hydrogen-bond acceptors (Lipinski definition) is 2. The summed E-state index contributed by atoms with van der Waals surface area (Å²) < 4.78 is 31.3. The number of halogens is 3. The molecule has 1 aliphatic heterocycles. The molecule has 86 valence electrons. The molecule has 1 saturated heterocycles. The minimum absolute atomic E-state index is 0.0561. The van der Waals surface area contributed by atoms with Crippen molar-refractivity contribution in [1.29, 1.82) is 0 Å². The summed E-state index contributed by atoms with van der Waals surface area (Å²) in [5.41, 5.74) is 0.254. The summed E-state index contributed by atoms with van der Waals surface area (Å²) in [5.74, 6) is -0.666. The van der Waals surface area contributed by atoms with E-state index in [1.165, 1.54) is 12.1 Å². The lowest BCUT2D eigenvalue weighted by molar-refractivity contribution is 0.0192. The molecule has 0 aromatic heterocycles. The summed E-state index contributed by atoms with van der Waals surface area (Å²) in [7, 11) is 0. The van der Waals surface area contributed by atoms with Gasteiger partial charge in [-0.15, -0.1) is 0 Å². The first kappa shape index (κ1) is 11.1. The molecule has 1 aromatic carbocycles. The molecule has 1 aromatic rings. The highest BCUT2D eigenvalue weighted by Gasteiger charge is 2.32. The van der Waals surface area contributed by atoms with Gasteiger partial charge in [-0.1, -0.05) is 17.7 Å². The average Bonchev–Trinajstić information content (AvgIpc) is 2.26. The maximum Gasteiger partial charge on any atom is 0.407 e. The molecule has 16 heavy (non-hydrogen) atoms. The van der Waals surface area contributed by atoms with Gasteiger partial charge in [0.1, 0.15) is 5.82 Å². The van der Waals surface area contributed by atoms with Crippen molar-refractivity contribution in [3.63, 3.8) is 0 Å². The van der Waals surface area contributed by atoms with Crippen LogP contribution in [0.2, 0.25) is 5.02 Å². The van der Waals surface area contributed by atoms with Gasteiger partial charge >= 0.3 is 6.09 Å². The standard InChI is InChI=1S/C10H8ClF2NO2/c11-6-2-1-5(3-7(6)12)9-8(13)4-14-10(15)16-9/h1-3,8-9H,4H2,(H,14,15)/t8-,9+/m1/s1. The molecule has 2 rings (SSSR count). The van der Waals surface area contributed by atoms with Crippen LogP contribution in [0, 0.1) is 5.82 Å². The third-order valence-corrected chi connectivity index (χ3v) is 2.58. The monoisotopic (exact) mass is 247 g/mol. The Labute approximate surface area is 95.3 Å². The largest absolute Gasteiger partial charge is 0.438 e. The molecule has 0 radical (unpaired) electrons. The molecule has 0 spiro atoms. The highest BCUT2D eigenvalue weighted by atomic mass is 35.5. The molecule has 0 saturated carbocycles. The summed E-state index contributed by atoms with van der Waals surface area (Å²) in [6.07, 6.45) is -3.20. The third kappa shape index (κ3) is 2.09. The lowest BCUT2D eigenvalue weighted by Gasteiger charge is -2.26. The number of amides is 1. The molecule has 3 nitrogen and oxygen atoms in total. The first-order valence-corrected chi connectivity index (χ1v) is 4.99. The molecule has 0 aliphatic carbocycles. The highest BCUT2D eigenvalue weighted by molar-refractivity contribution is 6.30. The zero-order chi connectivity index (χ0) is 11.7. The zero-order valence-electron chi connectivity index (χ0n) is 8.04. The first-order valence-electron chi connectivity index (χ1n) is 4.61. The van der Waals surface area contributed by atoms with Crippen LogP contribution in [0.3, 0.4) is 0 Å². The molecule has 0 bridgehead atoms. The Hall–Kier alpha value is -1.36. The van der Waals surface area contributed by atoms with Crippen molar-refractivity contribution in [2.45, 2.75) is 12.3 Å². The smallest absolute Gasteiger partial charge is 0.407 e. The van der Waals surface area contributed by atoms with Gasteiger partial charge in [0.15, 0.2) is 12.3 Å². The van der Waals surface area contributed by atoms with Crippen molar-refractivity contribution < 1.29 is 18.3 Å². The van der Waals surface area contributed by atoms with Crippen molar-refractivity contribution in [2.75, 3.05) is 6.54 Å². The maximum absolute atomic E-state index is 13.4. The normalized spacial score (nSPS) is 24.8. The van der Waals surface area contributed by atoms with Crippen LogP contribution in [0.4, 0.5) is 13.6 Å². The van der Waals surface area contributed by atoms with Crippen LogP contribution < -0.4 is 5.32 Å². The van der Waals surface area contributed by atoms with Gasteiger partial charge < -0.3 is 10.1 Å². The van der Waals surface area contributed by atoms with E-state index in [0.29, 0.717) is 0 Å². The molecular weight excluding hydrogens is 240 g/mol. The van der Waals surface area contributed by atoms with Gasteiger partial charge in [0.25, 0.3) is 0 Å². The Balaban J connectivity index is 2.28.